The van der Waals surface area contributed by atoms with Crippen LogP contribution in [0, 0.1) is 40.4 Å². The predicted octanol–water partition coefficient (Wildman–Crippen LogP) is 5.85. The zero-order valence-corrected chi connectivity index (χ0v) is 19.7. The molecular formula is C26H41FO4. The standard InChI is InChI=1S/C26H41FO4/c1-5-6-10-31-11-8-7-9-20-18(4)23(27)13-22(20)25(16-28)14-19-12-21(17(2)3)26(25,15-19)24(29)30/h12,16-20,22-23H,5-11,13-15H2,1-4H3,(H,29,30). The average molecular weight is 437 g/mol. The number of aliphatic carboxylic acids is 1. The molecule has 2 fully saturated rings. The van der Waals surface area contributed by atoms with Crippen LogP contribution in [0.3, 0.4) is 0 Å². The summed E-state index contributed by atoms with van der Waals surface area (Å²) in [6, 6.07) is 0. The number of aldehydes is 1. The molecule has 0 saturated heterocycles. The third-order valence-electron chi connectivity index (χ3n) is 8.69. The van der Waals surface area contributed by atoms with Gasteiger partial charge in [-0.15, -0.1) is 0 Å². The quantitative estimate of drug-likeness (QED) is 0.237. The van der Waals surface area contributed by atoms with Gasteiger partial charge in [0.25, 0.3) is 0 Å². The monoisotopic (exact) mass is 436 g/mol. The van der Waals surface area contributed by atoms with Gasteiger partial charge in [0.15, 0.2) is 0 Å². The van der Waals surface area contributed by atoms with Gasteiger partial charge in [0.2, 0.25) is 0 Å². The minimum atomic E-state index is -1.16. The average Bonchev–Trinajstić information content (AvgIpc) is 3.37. The van der Waals surface area contributed by atoms with Gasteiger partial charge in [-0.2, -0.15) is 0 Å². The summed E-state index contributed by atoms with van der Waals surface area (Å²) in [5.74, 6) is -1.02. The summed E-state index contributed by atoms with van der Waals surface area (Å²) in [5.41, 5.74) is -1.26. The molecule has 0 aliphatic heterocycles. The lowest BCUT2D eigenvalue weighted by molar-refractivity contribution is -0.160. The van der Waals surface area contributed by atoms with Crippen molar-refractivity contribution in [3.05, 3.63) is 11.6 Å². The number of hydrogen-bond acceptors (Lipinski definition) is 3. The van der Waals surface area contributed by atoms with Crippen LogP contribution < -0.4 is 0 Å². The molecular weight excluding hydrogens is 395 g/mol. The molecule has 0 aromatic carbocycles. The lowest BCUT2D eigenvalue weighted by Gasteiger charge is -2.48. The van der Waals surface area contributed by atoms with Crippen molar-refractivity contribution in [3.8, 4) is 0 Å². The maximum Gasteiger partial charge on any atom is 0.314 e. The van der Waals surface area contributed by atoms with Crippen LogP contribution in [-0.4, -0.2) is 36.7 Å². The highest BCUT2D eigenvalue weighted by Gasteiger charge is 2.71. The number of fused-ring (bicyclic) bond motifs is 2. The lowest BCUT2D eigenvalue weighted by Crippen LogP contribution is -2.53. The summed E-state index contributed by atoms with van der Waals surface area (Å²) in [7, 11) is 0. The third-order valence-corrected chi connectivity index (χ3v) is 8.69. The van der Waals surface area contributed by atoms with E-state index in [9.17, 15) is 14.7 Å². The minimum Gasteiger partial charge on any atom is -0.481 e. The van der Waals surface area contributed by atoms with E-state index in [-0.39, 0.29) is 29.6 Å². The molecule has 2 saturated carbocycles. The molecule has 3 aliphatic rings. The predicted molar refractivity (Wildman–Crippen MR) is 119 cm³/mol. The third kappa shape index (κ3) is 4.00. The Bertz CT molecular complexity index is 689. The van der Waals surface area contributed by atoms with E-state index in [0.717, 1.165) is 50.6 Å². The van der Waals surface area contributed by atoms with E-state index in [1.54, 1.807) is 0 Å². The molecule has 0 aromatic rings. The van der Waals surface area contributed by atoms with E-state index in [2.05, 4.69) is 13.0 Å². The number of carbonyl (C=O) groups excluding carboxylic acids is 1. The Kier molecular flexibility index (Phi) is 7.66. The normalized spacial score (nSPS) is 39.3. The van der Waals surface area contributed by atoms with Crippen LogP contribution in [0.2, 0.25) is 0 Å². The van der Waals surface area contributed by atoms with Crippen LogP contribution in [0.5, 0.6) is 0 Å². The minimum absolute atomic E-state index is 0.0415. The van der Waals surface area contributed by atoms with Crippen molar-refractivity contribution in [1.82, 2.24) is 0 Å². The van der Waals surface area contributed by atoms with Crippen LogP contribution in [-0.2, 0) is 14.3 Å². The lowest BCUT2D eigenvalue weighted by atomic mass is 9.52. The van der Waals surface area contributed by atoms with Crippen molar-refractivity contribution in [3.63, 3.8) is 0 Å². The SMILES string of the molecule is CCCCOCCCCC1C(C)C(F)CC1C1(C=O)CC2C=C(C(C)C)C1(C(=O)O)C2. The fourth-order valence-electron chi connectivity index (χ4n) is 7.22. The van der Waals surface area contributed by atoms with Gasteiger partial charge in [-0.05, 0) is 68.1 Å². The second-order valence-electron chi connectivity index (χ2n) is 10.7. The Morgan fingerprint density at radius 3 is 2.61 bits per heavy atom. The molecule has 0 spiro atoms. The molecule has 3 rings (SSSR count). The molecule has 0 heterocycles. The van der Waals surface area contributed by atoms with Crippen molar-refractivity contribution in [2.75, 3.05) is 13.2 Å². The number of hydrogen-bond donors (Lipinski definition) is 1. The van der Waals surface area contributed by atoms with Crippen molar-refractivity contribution >= 4 is 12.3 Å². The second-order valence-corrected chi connectivity index (χ2v) is 10.7. The largest absolute Gasteiger partial charge is 0.481 e. The van der Waals surface area contributed by atoms with E-state index in [1.807, 2.05) is 20.8 Å². The smallest absolute Gasteiger partial charge is 0.314 e. The fraction of sp³-hybridized carbons (Fsp3) is 0.846. The number of carboxylic acids is 1. The van der Waals surface area contributed by atoms with Crippen LogP contribution in [0.25, 0.3) is 0 Å². The molecule has 3 aliphatic carbocycles. The summed E-state index contributed by atoms with van der Waals surface area (Å²) >= 11 is 0. The number of alkyl halides is 1. The van der Waals surface area contributed by atoms with Gasteiger partial charge in [-0.25, -0.2) is 4.39 Å². The maximum absolute atomic E-state index is 15.0. The molecule has 31 heavy (non-hydrogen) atoms. The number of allylic oxidation sites excluding steroid dienone is 1. The van der Waals surface area contributed by atoms with Gasteiger partial charge < -0.3 is 14.6 Å². The molecule has 0 radical (unpaired) electrons. The topological polar surface area (TPSA) is 63.6 Å². The van der Waals surface area contributed by atoms with Crippen LogP contribution in [0.4, 0.5) is 4.39 Å². The molecule has 5 heteroatoms. The Labute approximate surface area is 187 Å². The molecule has 2 bridgehead atoms. The molecule has 4 nitrogen and oxygen atoms in total. The first kappa shape index (κ1) is 24.4. The van der Waals surface area contributed by atoms with E-state index in [4.69, 9.17) is 4.74 Å². The van der Waals surface area contributed by atoms with Gasteiger partial charge in [-0.3, -0.25) is 4.79 Å². The van der Waals surface area contributed by atoms with Gasteiger partial charge in [0.05, 0.1) is 0 Å². The maximum atomic E-state index is 15.0. The van der Waals surface area contributed by atoms with E-state index in [1.165, 1.54) is 0 Å². The number of halogens is 1. The summed E-state index contributed by atoms with van der Waals surface area (Å²) in [4.78, 5) is 25.6. The fourth-order valence-corrected chi connectivity index (χ4v) is 7.22. The number of unbranched alkanes of at least 4 members (excludes halogenated alkanes) is 2. The van der Waals surface area contributed by atoms with E-state index in [0.29, 0.717) is 25.9 Å². The van der Waals surface area contributed by atoms with Gasteiger partial charge in [-0.1, -0.05) is 52.2 Å². The zero-order valence-electron chi connectivity index (χ0n) is 19.7. The summed E-state index contributed by atoms with van der Waals surface area (Å²) in [5, 5.41) is 10.5. The van der Waals surface area contributed by atoms with Gasteiger partial charge >= 0.3 is 5.97 Å². The summed E-state index contributed by atoms with van der Waals surface area (Å²) in [6.45, 7) is 9.61. The van der Waals surface area contributed by atoms with Gasteiger partial charge in [0.1, 0.15) is 17.9 Å². The van der Waals surface area contributed by atoms with Crippen molar-refractivity contribution < 1.29 is 23.8 Å². The van der Waals surface area contributed by atoms with Crippen LogP contribution in [0.15, 0.2) is 11.6 Å². The Morgan fingerprint density at radius 1 is 1.29 bits per heavy atom. The first-order chi connectivity index (χ1) is 14.7. The molecule has 7 atom stereocenters. The Balaban J connectivity index is 1.81. The number of carbonyl (C=O) groups is 2. The van der Waals surface area contributed by atoms with Crippen LogP contribution in [0.1, 0.15) is 79.1 Å². The molecule has 0 amide bonds. The van der Waals surface area contributed by atoms with E-state index >= 15 is 4.39 Å². The number of ether oxygens (including phenoxy) is 1. The van der Waals surface area contributed by atoms with E-state index < -0.39 is 23.0 Å². The summed E-state index contributed by atoms with van der Waals surface area (Å²) < 4.78 is 20.7. The molecule has 176 valence electrons. The molecule has 1 N–H and O–H groups in total. The van der Waals surface area contributed by atoms with Crippen molar-refractivity contribution in [2.24, 2.45) is 40.4 Å². The highest BCUT2D eigenvalue weighted by Crippen LogP contribution is 2.70. The highest BCUT2D eigenvalue weighted by molar-refractivity contribution is 5.88. The highest BCUT2D eigenvalue weighted by atomic mass is 19.1. The number of rotatable bonds is 12. The van der Waals surface area contributed by atoms with Crippen molar-refractivity contribution in [2.45, 2.75) is 85.2 Å². The van der Waals surface area contributed by atoms with Crippen molar-refractivity contribution in [1.29, 1.82) is 0 Å². The Hall–Kier alpha value is -1.23. The summed E-state index contributed by atoms with van der Waals surface area (Å²) in [6.07, 6.45) is 8.30. The first-order valence-electron chi connectivity index (χ1n) is 12.4. The second kappa shape index (κ2) is 9.72. The van der Waals surface area contributed by atoms with Gasteiger partial charge in [0, 0.05) is 18.6 Å². The van der Waals surface area contributed by atoms with Crippen LogP contribution >= 0.6 is 0 Å². The first-order valence-corrected chi connectivity index (χ1v) is 12.4. The number of carboxylic acid groups (broad SMARTS) is 1. The zero-order chi connectivity index (χ0) is 22.8. The molecule has 7 unspecified atom stereocenters. The Morgan fingerprint density at radius 2 is 2.00 bits per heavy atom. The molecule has 0 aromatic heterocycles.